The van der Waals surface area contributed by atoms with Crippen LogP contribution in [0.1, 0.15) is 61.7 Å². The van der Waals surface area contributed by atoms with Crippen LogP contribution in [-0.4, -0.2) is 50.7 Å². The molecule has 0 bridgehead atoms. The van der Waals surface area contributed by atoms with Gasteiger partial charge in [0.15, 0.2) is 9.84 Å². The molecule has 1 aromatic carbocycles. The first-order valence-corrected chi connectivity index (χ1v) is 11.7. The Morgan fingerprint density at radius 2 is 1.72 bits per heavy atom. The number of sulfone groups is 1. The first kappa shape index (κ1) is 27.2. The highest BCUT2D eigenvalue weighted by Gasteiger charge is 2.09. The number of benzene rings is 1. The molecule has 1 aliphatic rings. The van der Waals surface area contributed by atoms with Crippen LogP contribution in [0.15, 0.2) is 29.2 Å². The first-order chi connectivity index (χ1) is 13.6. The molecule has 0 aliphatic heterocycles. The molecule has 1 aromatic rings. The number of rotatable bonds is 7. The van der Waals surface area contributed by atoms with Crippen LogP contribution < -0.4 is 17.2 Å². The van der Waals surface area contributed by atoms with E-state index < -0.39 is 21.8 Å². The second-order valence-electron chi connectivity index (χ2n) is 7.09. The number of unbranched alkanes of at least 4 members (excludes halogenated alkanes) is 1. The standard InChI is InChI=1S/C8H8O3S.C6H14N2O2.C6H13N/c1-12(10,11)8-4-2-7(6-9)3-5-8;7-4-2-1-3-5(8)6(9)10;7-6-4-2-1-3-5-6/h2-6H,1H3;5H,1-4,7-8H2,(H,9,10);6H,1-5,7H2. The quantitative estimate of drug-likeness (QED) is 0.375. The second kappa shape index (κ2) is 15.1. The van der Waals surface area contributed by atoms with E-state index >= 15 is 0 Å². The average molecular weight is 430 g/mol. The van der Waals surface area contributed by atoms with Gasteiger partial charge in [-0.2, -0.15) is 0 Å². The molecular formula is C20H35N3O5S. The highest BCUT2D eigenvalue weighted by molar-refractivity contribution is 7.90. The zero-order valence-electron chi connectivity index (χ0n) is 17.1. The molecule has 166 valence electrons. The van der Waals surface area contributed by atoms with Crippen LogP contribution in [0, 0.1) is 0 Å². The molecule has 1 fully saturated rings. The minimum atomic E-state index is -3.14. The van der Waals surface area contributed by atoms with E-state index in [2.05, 4.69) is 0 Å². The monoisotopic (exact) mass is 429 g/mol. The van der Waals surface area contributed by atoms with E-state index in [0.29, 0.717) is 30.9 Å². The Hall–Kier alpha value is -1.81. The number of aldehydes is 1. The summed E-state index contributed by atoms with van der Waals surface area (Å²) in [4.78, 5) is 20.6. The summed E-state index contributed by atoms with van der Waals surface area (Å²) >= 11 is 0. The summed E-state index contributed by atoms with van der Waals surface area (Å²) in [6.07, 6.45) is 10.6. The van der Waals surface area contributed by atoms with Crippen LogP contribution in [0.3, 0.4) is 0 Å². The van der Waals surface area contributed by atoms with Crippen molar-refractivity contribution in [3.05, 3.63) is 29.8 Å². The van der Waals surface area contributed by atoms with Crippen LogP contribution in [0.5, 0.6) is 0 Å². The van der Waals surface area contributed by atoms with Crippen molar-refractivity contribution in [3.63, 3.8) is 0 Å². The largest absolute Gasteiger partial charge is 0.480 e. The predicted octanol–water partition coefficient (Wildman–Crippen LogP) is 1.71. The van der Waals surface area contributed by atoms with E-state index in [4.69, 9.17) is 22.3 Å². The number of nitrogens with two attached hydrogens (primary N) is 3. The lowest BCUT2D eigenvalue weighted by Crippen LogP contribution is -2.29. The fraction of sp³-hybridized carbons (Fsp3) is 0.600. The Labute approximate surface area is 173 Å². The number of aliphatic carboxylic acids is 1. The third-order valence-electron chi connectivity index (χ3n) is 4.38. The van der Waals surface area contributed by atoms with Crippen molar-refractivity contribution in [2.24, 2.45) is 17.2 Å². The van der Waals surface area contributed by atoms with Gasteiger partial charge in [-0.05, 0) is 44.4 Å². The van der Waals surface area contributed by atoms with Gasteiger partial charge in [-0.15, -0.1) is 0 Å². The molecule has 1 atom stereocenters. The van der Waals surface area contributed by atoms with E-state index in [0.717, 1.165) is 19.1 Å². The smallest absolute Gasteiger partial charge is 0.320 e. The molecule has 0 aromatic heterocycles. The Morgan fingerprint density at radius 3 is 2.07 bits per heavy atom. The number of carbonyl (C=O) groups is 2. The highest BCUT2D eigenvalue weighted by Crippen LogP contribution is 2.14. The molecule has 9 heteroatoms. The van der Waals surface area contributed by atoms with E-state index in [-0.39, 0.29) is 4.90 Å². The molecule has 2 rings (SSSR count). The molecule has 0 spiro atoms. The number of carbonyl (C=O) groups excluding carboxylic acids is 1. The Morgan fingerprint density at radius 1 is 1.17 bits per heavy atom. The summed E-state index contributed by atoms with van der Waals surface area (Å²) in [5.41, 5.74) is 16.5. The van der Waals surface area contributed by atoms with Crippen LogP contribution in [0.2, 0.25) is 0 Å². The first-order valence-electron chi connectivity index (χ1n) is 9.81. The number of carboxylic acid groups (broad SMARTS) is 1. The van der Waals surface area contributed by atoms with Gasteiger partial charge in [-0.3, -0.25) is 9.59 Å². The summed E-state index contributed by atoms with van der Waals surface area (Å²) in [5.74, 6) is -0.933. The Bertz CT molecular complexity index is 687. The summed E-state index contributed by atoms with van der Waals surface area (Å²) < 4.78 is 21.9. The fourth-order valence-corrected chi connectivity index (χ4v) is 3.19. The van der Waals surface area contributed by atoms with Crippen molar-refractivity contribution < 1.29 is 23.1 Å². The Balaban J connectivity index is 0.000000419. The highest BCUT2D eigenvalue weighted by atomic mass is 32.2. The summed E-state index contributed by atoms with van der Waals surface area (Å²) in [6, 6.07) is 5.60. The van der Waals surface area contributed by atoms with Crippen LogP contribution in [0.4, 0.5) is 0 Å². The maximum atomic E-state index is 10.9. The van der Waals surface area contributed by atoms with E-state index in [9.17, 15) is 18.0 Å². The molecule has 1 saturated carbocycles. The SMILES string of the molecule is CS(=O)(=O)c1ccc(C=O)cc1.NC1CCCCC1.NCCCCC(N)C(=O)O. The van der Waals surface area contributed by atoms with Gasteiger partial charge < -0.3 is 22.3 Å². The lowest BCUT2D eigenvalue weighted by Gasteiger charge is -2.15. The molecule has 29 heavy (non-hydrogen) atoms. The molecule has 7 N–H and O–H groups in total. The topological polar surface area (TPSA) is 167 Å². The number of hydrogen-bond acceptors (Lipinski definition) is 7. The van der Waals surface area contributed by atoms with Crippen molar-refractivity contribution in [1.29, 1.82) is 0 Å². The predicted molar refractivity (Wildman–Crippen MR) is 115 cm³/mol. The van der Waals surface area contributed by atoms with E-state index in [1.807, 2.05) is 0 Å². The van der Waals surface area contributed by atoms with Crippen molar-refractivity contribution in [2.45, 2.75) is 68.3 Å². The summed E-state index contributed by atoms with van der Waals surface area (Å²) in [6.45, 7) is 0.604. The zero-order valence-corrected chi connectivity index (χ0v) is 17.9. The lowest BCUT2D eigenvalue weighted by atomic mass is 9.97. The molecule has 0 amide bonds. The summed E-state index contributed by atoms with van der Waals surface area (Å²) in [7, 11) is -3.14. The number of carboxylic acids is 1. The third-order valence-corrected chi connectivity index (χ3v) is 5.51. The minimum Gasteiger partial charge on any atom is -0.480 e. The van der Waals surface area contributed by atoms with Crippen molar-refractivity contribution in [1.82, 2.24) is 0 Å². The van der Waals surface area contributed by atoms with Gasteiger partial charge in [0, 0.05) is 17.9 Å². The maximum absolute atomic E-state index is 10.9. The second-order valence-corrected chi connectivity index (χ2v) is 9.10. The fourth-order valence-electron chi connectivity index (χ4n) is 2.56. The minimum absolute atomic E-state index is 0.230. The summed E-state index contributed by atoms with van der Waals surface area (Å²) in [5, 5.41) is 8.33. The van der Waals surface area contributed by atoms with Crippen LogP contribution >= 0.6 is 0 Å². The van der Waals surface area contributed by atoms with E-state index in [1.165, 1.54) is 56.4 Å². The molecule has 8 nitrogen and oxygen atoms in total. The molecule has 1 unspecified atom stereocenters. The normalized spacial score (nSPS) is 15.2. The lowest BCUT2D eigenvalue weighted by molar-refractivity contribution is -0.138. The molecule has 0 radical (unpaired) electrons. The van der Waals surface area contributed by atoms with Crippen molar-refractivity contribution >= 4 is 22.1 Å². The molecular weight excluding hydrogens is 394 g/mol. The Kier molecular flexibility index (Phi) is 14.1. The van der Waals surface area contributed by atoms with Gasteiger partial charge in [-0.1, -0.05) is 37.8 Å². The number of hydrogen-bond donors (Lipinski definition) is 4. The van der Waals surface area contributed by atoms with Crippen LogP contribution in [0.25, 0.3) is 0 Å². The van der Waals surface area contributed by atoms with Crippen molar-refractivity contribution in [3.8, 4) is 0 Å². The van der Waals surface area contributed by atoms with Gasteiger partial charge in [0.25, 0.3) is 0 Å². The van der Waals surface area contributed by atoms with Crippen molar-refractivity contribution in [2.75, 3.05) is 12.8 Å². The zero-order chi connectivity index (χ0) is 22.3. The van der Waals surface area contributed by atoms with Gasteiger partial charge in [0.05, 0.1) is 4.90 Å². The van der Waals surface area contributed by atoms with Gasteiger partial charge in [0.1, 0.15) is 12.3 Å². The van der Waals surface area contributed by atoms with Crippen LogP contribution in [-0.2, 0) is 14.6 Å². The maximum Gasteiger partial charge on any atom is 0.320 e. The van der Waals surface area contributed by atoms with Gasteiger partial charge in [0.2, 0.25) is 0 Å². The van der Waals surface area contributed by atoms with E-state index in [1.54, 1.807) is 0 Å². The molecule has 0 saturated heterocycles. The van der Waals surface area contributed by atoms with Gasteiger partial charge in [-0.25, -0.2) is 8.42 Å². The average Bonchev–Trinajstić information content (AvgIpc) is 2.69. The molecule has 1 aliphatic carbocycles. The van der Waals surface area contributed by atoms with Gasteiger partial charge >= 0.3 is 5.97 Å². The molecule has 0 heterocycles. The third kappa shape index (κ3) is 13.9.